The molecular formula is C27H38N4O. The molecule has 1 aliphatic carbocycles. The Kier molecular flexibility index (Phi) is 7.24. The van der Waals surface area contributed by atoms with Crippen LogP contribution in [0.4, 0.5) is 5.82 Å². The molecule has 2 fully saturated rings. The van der Waals surface area contributed by atoms with E-state index in [4.69, 9.17) is 4.74 Å². The van der Waals surface area contributed by atoms with Crippen molar-refractivity contribution in [3.05, 3.63) is 53.7 Å². The molecule has 0 saturated carbocycles. The van der Waals surface area contributed by atoms with E-state index in [1.165, 1.54) is 57.3 Å². The summed E-state index contributed by atoms with van der Waals surface area (Å²) in [5.41, 5.74) is 3.07. The number of fused-ring (bicyclic) bond motifs is 1. The molecule has 0 amide bonds. The number of ether oxygens (including phenoxy) is 1. The van der Waals surface area contributed by atoms with Crippen LogP contribution in [0.25, 0.3) is 0 Å². The Hall–Kier alpha value is -2.11. The summed E-state index contributed by atoms with van der Waals surface area (Å²) in [6.07, 6.45) is 9.54. The van der Waals surface area contributed by atoms with E-state index >= 15 is 0 Å². The third-order valence-corrected chi connectivity index (χ3v) is 7.46. The van der Waals surface area contributed by atoms with Crippen LogP contribution in [0.3, 0.4) is 0 Å². The van der Waals surface area contributed by atoms with E-state index in [1.807, 2.05) is 12.3 Å². The van der Waals surface area contributed by atoms with Crippen LogP contribution in [0.5, 0.6) is 5.75 Å². The van der Waals surface area contributed by atoms with Gasteiger partial charge < -0.3 is 14.5 Å². The lowest BCUT2D eigenvalue weighted by atomic mass is 9.83. The second-order valence-electron chi connectivity index (χ2n) is 9.77. The molecule has 2 aromatic rings. The summed E-state index contributed by atoms with van der Waals surface area (Å²) in [7, 11) is 0. The van der Waals surface area contributed by atoms with Gasteiger partial charge >= 0.3 is 0 Å². The molecule has 32 heavy (non-hydrogen) atoms. The van der Waals surface area contributed by atoms with Crippen molar-refractivity contribution in [1.82, 2.24) is 14.8 Å². The molecule has 1 atom stereocenters. The largest absolute Gasteiger partial charge is 0.494 e. The Labute approximate surface area is 193 Å². The number of benzene rings is 1. The summed E-state index contributed by atoms with van der Waals surface area (Å²) < 4.78 is 6.13. The molecule has 3 heterocycles. The van der Waals surface area contributed by atoms with E-state index in [9.17, 15) is 0 Å². The minimum absolute atomic E-state index is 0.802. The summed E-state index contributed by atoms with van der Waals surface area (Å²) in [6.45, 7) is 10.2. The molecule has 3 aliphatic rings. The molecule has 0 radical (unpaired) electrons. The van der Waals surface area contributed by atoms with E-state index in [0.717, 1.165) is 63.2 Å². The Morgan fingerprint density at radius 1 is 0.906 bits per heavy atom. The molecule has 172 valence electrons. The predicted octanol–water partition coefficient (Wildman–Crippen LogP) is 3.87. The first-order valence-electron chi connectivity index (χ1n) is 12.7. The lowest BCUT2D eigenvalue weighted by molar-refractivity contribution is 0.224. The second-order valence-corrected chi connectivity index (χ2v) is 9.77. The fourth-order valence-electron chi connectivity index (χ4n) is 5.60. The first kappa shape index (κ1) is 21.7. The van der Waals surface area contributed by atoms with Gasteiger partial charge in [-0.15, -0.1) is 0 Å². The van der Waals surface area contributed by atoms with Crippen molar-refractivity contribution < 1.29 is 4.74 Å². The van der Waals surface area contributed by atoms with Gasteiger partial charge in [0.1, 0.15) is 11.6 Å². The quantitative estimate of drug-likeness (QED) is 0.589. The summed E-state index contributed by atoms with van der Waals surface area (Å²) >= 11 is 0. The highest BCUT2D eigenvalue weighted by atomic mass is 16.5. The van der Waals surface area contributed by atoms with Crippen LogP contribution in [0.1, 0.15) is 36.8 Å². The van der Waals surface area contributed by atoms with Crippen LogP contribution >= 0.6 is 0 Å². The molecule has 5 rings (SSSR count). The summed E-state index contributed by atoms with van der Waals surface area (Å²) in [5.74, 6) is 3.00. The predicted molar refractivity (Wildman–Crippen MR) is 131 cm³/mol. The van der Waals surface area contributed by atoms with Crippen molar-refractivity contribution in [2.45, 2.75) is 38.5 Å². The molecule has 5 nitrogen and oxygen atoms in total. The molecule has 2 saturated heterocycles. The number of rotatable bonds is 8. The lowest BCUT2D eigenvalue weighted by Crippen LogP contribution is -2.47. The minimum Gasteiger partial charge on any atom is -0.494 e. The van der Waals surface area contributed by atoms with Crippen LogP contribution in [0, 0.1) is 5.92 Å². The van der Waals surface area contributed by atoms with Gasteiger partial charge in [0.25, 0.3) is 0 Å². The van der Waals surface area contributed by atoms with Crippen molar-refractivity contribution in [2.24, 2.45) is 5.92 Å². The molecule has 0 N–H and O–H groups in total. The van der Waals surface area contributed by atoms with Crippen LogP contribution in [0.2, 0.25) is 0 Å². The number of anilines is 1. The molecule has 5 heteroatoms. The summed E-state index contributed by atoms with van der Waals surface area (Å²) in [5, 5.41) is 0. The number of aryl methyl sites for hydroxylation is 1. The van der Waals surface area contributed by atoms with Gasteiger partial charge in [0.2, 0.25) is 0 Å². The second kappa shape index (κ2) is 10.7. The molecular weight excluding hydrogens is 396 g/mol. The Bertz CT molecular complexity index is 844. The summed E-state index contributed by atoms with van der Waals surface area (Å²) in [6, 6.07) is 13.0. The maximum atomic E-state index is 6.13. The molecule has 0 spiro atoms. The van der Waals surface area contributed by atoms with E-state index in [1.54, 1.807) is 5.56 Å². The summed E-state index contributed by atoms with van der Waals surface area (Å²) in [4.78, 5) is 12.1. The Morgan fingerprint density at radius 2 is 1.78 bits per heavy atom. The van der Waals surface area contributed by atoms with Crippen molar-refractivity contribution >= 4 is 5.82 Å². The van der Waals surface area contributed by atoms with Crippen LogP contribution in [-0.2, 0) is 12.8 Å². The van der Waals surface area contributed by atoms with Gasteiger partial charge in [-0.1, -0.05) is 12.1 Å². The lowest BCUT2D eigenvalue weighted by Gasteiger charge is -2.35. The number of nitrogens with zero attached hydrogens (tertiary/aromatic N) is 4. The van der Waals surface area contributed by atoms with Gasteiger partial charge in [0.15, 0.2) is 0 Å². The number of likely N-dealkylation sites (tertiary alicyclic amines) is 1. The fraction of sp³-hybridized carbons (Fsp3) is 0.593. The first-order valence-corrected chi connectivity index (χ1v) is 12.7. The normalized spacial score (nSPS) is 22.1. The number of hydrogen-bond donors (Lipinski definition) is 0. The van der Waals surface area contributed by atoms with Crippen molar-refractivity contribution in [3.63, 3.8) is 0 Å². The Morgan fingerprint density at radius 3 is 2.59 bits per heavy atom. The van der Waals surface area contributed by atoms with E-state index in [-0.39, 0.29) is 0 Å². The van der Waals surface area contributed by atoms with E-state index in [0.29, 0.717) is 0 Å². The highest BCUT2D eigenvalue weighted by molar-refractivity contribution is 5.38. The van der Waals surface area contributed by atoms with Gasteiger partial charge in [-0.2, -0.15) is 0 Å². The van der Waals surface area contributed by atoms with Crippen molar-refractivity contribution in [3.8, 4) is 5.75 Å². The minimum atomic E-state index is 0.802. The van der Waals surface area contributed by atoms with Gasteiger partial charge in [-0.05, 0) is 92.9 Å². The van der Waals surface area contributed by atoms with Crippen LogP contribution in [-0.4, -0.2) is 73.7 Å². The number of piperazine rings is 1. The van der Waals surface area contributed by atoms with Crippen LogP contribution < -0.4 is 9.64 Å². The highest BCUT2D eigenvalue weighted by Crippen LogP contribution is 2.30. The SMILES string of the molecule is c1ccc(N2CCN(CCCOc3ccc4c(c3)CCC(CN3CCCC3)C4)CC2)nc1. The smallest absolute Gasteiger partial charge is 0.128 e. The maximum Gasteiger partial charge on any atom is 0.128 e. The van der Waals surface area contributed by atoms with Gasteiger partial charge in [-0.3, -0.25) is 4.90 Å². The maximum absolute atomic E-state index is 6.13. The van der Waals surface area contributed by atoms with Gasteiger partial charge in [0, 0.05) is 45.5 Å². The van der Waals surface area contributed by atoms with Crippen LogP contribution in [0.15, 0.2) is 42.6 Å². The average molecular weight is 435 g/mol. The third kappa shape index (κ3) is 5.62. The number of pyridine rings is 1. The van der Waals surface area contributed by atoms with Gasteiger partial charge in [-0.25, -0.2) is 4.98 Å². The zero-order valence-corrected chi connectivity index (χ0v) is 19.4. The fourth-order valence-corrected chi connectivity index (χ4v) is 5.60. The first-order chi connectivity index (χ1) is 15.8. The molecule has 0 bridgehead atoms. The molecule has 2 aliphatic heterocycles. The van der Waals surface area contributed by atoms with E-state index < -0.39 is 0 Å². The topological polar surface area (TPSA) is 31.8 Å². The molecule has 1 aromatic carbocycles. The standard InChI is InChI=1S/C27H38N4O/c1-2-11-28-27(6-1)31-17-15-29(16-18-31)14-5-19-32-26-10-9-24-20-23(7-8-25(24)21-26)22-30-12-3-4-13-30/h1-2,6,9-11,21,23H,3-5,7-8,12-20,22H2. The monoisotopic (exact) mass is 434 g/mol. The van der Waals surface area contributed by atoms with Gasteiger partial charge in [0.05, 0.1) is 6.61 Å². The van der Waals surface area contributed by atoms with Crippen molar-refractivity contribution in [1.29, 1.82) is 0 Å². The zero-order chi connectivity index (χ0) is 21.6. The Balaban J connectivity index is 1.01. The third-order valence-electron chi connectivity index (χ3n) is 7.46. The number of hydrogen-bond acceptors (Lipinski definition) is 5. The van der Waals surface area contributed by atoms with Crippen molar-refractivity contribution in [2.75, 3.05) is 63.9 Å². The highest BCUT2D eigenvalue weighted by Gasteiger charge is 2.23. The van der Waals surface area contributed by atoms with E-state index in [2.05, 4.69) is 50.0 Å². The average Bonchev–Trinajstić information content (AvgIpc) is 3.36. The molecule has 1 aromatic heterocycles. The number of aromatic nitrogens is 1. The molecule has 1 unspecified atom stereocenters. The zero-order valence-electron chi connectivity index (χ0n) is 19.4.